The molecule has 0 aliphatic carbocycles. The lowest BCUT2D eigenvalue weighted by molar-refractivity contribution is 0.460. The summed E-state index contributed by atoms with van der Waals surface area (Å²) in [4.78, 5) is 8.45. The molecule has 3 aromatic rings. The van der Waals surface area contributed by atoms with Gasteiger partial charge in [-0.1, -0.05) is 30.3 Å². The lowest BCUT2D eigenvalue weighted by Gasteiger charge is -2.07. The van der Waals surface area contributed by atoms with Gasteiger partial charge in [0.1, 0.15) is 11.6 Å². The van der Waals surface area contributed by atoms with Crippen LogP contribution in [0.3, 0.4) is 0 Å². The first-order valence-corrected chi connectivity index (χ1v) is 7.34. The zero-order valence-corrected chi connectivity index (χ0v) is 12.4. The Labute approximate surface area is 134 Å². The second-order valence-electron chi connectivity index (χ2n) is 4.94. The van der Waals surface area contributed by atoms with Gasteiger partial charge in [-0.2, -0.15) is 4.98 Å². The van der Waals surface area contributed by atoms with Crippen molar-refractivity contribution in [1.29, 1.82) is 0 Å². The molecular formula is C18H16FN3O. The van der Waals surface area contributed by atoms with Crippen LogP contribution >= 0.6 is 0 Å². The average molecular weight is 309 g/mol. The Morgan fingerprint density at radius 1 is 0.957 bits per heavy atom. The van der Waals surface area contributed by atoms with Crippen LogP contribution in [0.2, 0.25) is 0 Å². The van der Waals surface area contributed by atoms with Gasteiger partial charge < -0.3 is 10.1 Å². The minimum atomic E-state index is -0.302. The van der Waals surface area contributed by atoms with Crippen LogP contribution in [-0.2, 0) is 6.42 Å². The fraction of sp³-hybridized carbons (Fsp3) is 0.111. The second-order valence-corrected chi connectivity index (χ2v) is 4.94. The van der Waals surface area contributed by atoms with Crippen molar-refractivity contribution in [3.05, 3.63) is 78.2 Å². The summed E-state index contributed by atoms with van der Waals surface area (Å²) in [7, 11) is 0. The van der Waals surface area contributed by atoms with Crippen molar-refractivity contribution in [1.82, 2.24) is 9.97 Å². The summed E-state index contributed by atoms with van der Waals surface area (Å²) in [6.45, 7) is 0.726. The van der Waals surface area contributed by atoms with E-state index in [0.717, 1.165) is 13.0 Å². The standard InChI is InChI=1S/C18H16FN3O/c19-15-6-8-16(9-7-15)23-17-11-13-21-18(22-17)20-12-10-14-4-2-1-3-5-14/h1-9,11,13H,10,12H2,(H,20,21,22). The van der Waals surface area contributed by atoms with Gasteiger partial charge in [-0.25, -0.2) is 9.37 Å². The van der Waals surface area contributed by atoms with E-state index in [1.165, 1.54) is 17.7 Å². The fourth-order valence-corrected chi connectivity index (χ4v) is 2.07. The monoisotopic (exact) mass is 309 g/mol. The number of nitrogens with zero attached hydrogens (tertiary/aromatic N) is 2. The highest BCUT2D eigenvalue weighted by atomic mass is 19.1. The Balaban J connectivity index is 1.57. The van der Waals surface area contributed by atoms with Gasteiger partial charge in [-0.15, -0.1) is 0 Å². The molecule has 0 amide bonds. The van der Waals surface area contributed by atoms with E-state index in [1.54, 1.807) is 24.4 Å². The maximum Gasteiger partial charge on any atom is 0.225 e. The van der Waals surface area contributed by atoms with E-state index >= 15 is 0 Å². The molecule has 1 heterocycles. The van der Waals surface area contributed by atoms with E-state index in [2.05, 4.69) is 27.4 Å². The fourth-order valence-electron chi connectivity index (χ4n) is 2.07. The number of benzene rings is 2. The minimum Gasteiger partial charge on any atom is -0.439 e. The molecule has 1 aromatic heterocycles. The molecule has 0 unspecified atom stereocenters. The average Bonchev–Trinajstić information content (AvgIpc) is 2.58. The summed E-state index contributed by atoms with van der Waals surface area (Å²) < 4.78 is 18.5. The molecule has 5 heteroatoms. The summed E-state index contributed by atoms with van der Waals surface area (Å²) in [6, 6.07) is 17.6. The van der Waals surface area contributed by atoms with Crippen molar-refractivity contribution in [2.24, 2.45) is 0 Å². The molecule has 3 rings (SSSR count). The maximum absolute atomic E-state index is 12.9. The van der Waals surface area contributed by atoms with Crippen LogP contribution in [0.15, 0.2) is 66.9 Å². The molecule has 0 bridgehead atoms. The Morgan fingerprint density at radius 2 is 1.74 bits per heavy atom. The van der Waals surface area contributed by atoms with Crippen LogP contribution < -0.4 is 10.1 Å². The molecule has 4 nitrogen and oxygen atoms in total. The summed E-state index contributed by atoms with van der Waals surface area (Å²) in [6.07, 6.45) is 2.50. The molecule has 23 heavy (non-hydrogen) atoms. The van der Waals surface area contributed by atoms with Crippen molar-refractivity contribution >= 4 is 5.95 Å². The quantitative estimate of drug-likeness (QED) is 0.746. The highest BCUT2D eigenvalue weighted by Crippen LogP contribution is 2.19. The third-order valence-electron chi connectivity index (χ3n) is 3.21. The lowest BCUT2D eigenvalue weighted by atomic mass is 10.1. The van der Waals surface area contributed by atoms with E-state index in [0.29, 0.717) is 17.6 Å². The molecule has 1 N–H and O–H groups in total. The molecule has 0 fully saturated rings. The Hall–Kier alpha value is -2.95. The number of nitrogens with one attached hydrogen (secondary N) is 1. The normalized spacial score (nSPS) is 10.3. The molecule has 0 spiro atoms. The number of hydrogen-bond acceptors (Lipinski definition) is 4. The number of aromatic nitrogens is 2. The van der Waals surface area contributed by atoms with Gasteiger partial charge in [0.25, 0.3) is 0 Å². The Bertz CT molecular complexity index is 748. The number of anilines is 1. The molecule has 2 aromatic carbocycles. The summed E-state index contributed by atoms with van der Waals surface area (Å²) in [5.41, 5.74) is 1.25. The first-order valence-electron chi connectivity index (χ1n) is 7.34. The first kappa shape index (κ1) is 15.0. The topological polar surface area (TPSA) is 47.0 Å². The van der Waals surface area contributed by atoms with Crippen molar-refractivity contribution in [3.8, 4) is 11.6 Å². The first-order chi connectivity index (χ1) is 11.3. The number of rotatable bonds is 6. The molecule has 0 saturated heterocycles. The van der Waals surface area contributed by atoms with Gasteiger partial charge in [0.15, 0.2) is 0 Å². The third-order valence-corrected chi connectivity index (χ3v) is 3.21. The number of hydrogen-bond donors (Lipinski definition) is 1. The van der Waals surface area contributed by atoms with E-state index in [1.807, 2.05) is 18.2 Å². The minimum absolute atomic E-state index is 0.302. The molecule has 0 atom stereocenters. The van der Waals surface area contributed by atoms with Crippen LogP contribution in [0.1, 0.15) is 5.56 Å². The van der Waals surface area contributed by atoms with E-state index in [4.69, 9.17) is 4.74 Å². The van der Waals surface area contributed by atoms with Gasteiger partial charge in [-0.05, 0) is 36.2 Å². The summed E-state index contributed by atoms with van der Waals surface area (Å²) >= 11 is 0. The van der Waals surface area contributed by atoms with Gasteiger partial charge >= 0.3 is 0 Å². The summed E-state index contributed by atoms with van der Waals surface area (Å²) in [5.74, 6) is 1.14. The molecule has 0 saturated carbocycles. The predicted octanol–water partition coefficient (Wildman–Crippen LogP) is 4.06. The highest BCUT2D eigenvalue weighted by Gasteiger charge is 2.02. The van der Waals surface area contributed by atoms with Crippen molar-refractivity contribution < 1.29 is 9.13 Å². The third kappa shape index (κ3) is 4.51. The van der Waals surface area contributed by atoms with Crippen molar-refractivity contribution in [2.75, 3.05) is 11.9 Å². The SMILES string of the molecule is Fc1ccc(Oc2ccnc(NCCc3ccccc3)n2)cc1. The van der Waals surface area contributed by atoms with Crippen LogP contribution in [0, 0.1) is 5.82 Å². The zero-order valence-electron chi connectivity index (χ0n) is 12.4. The van der Waals surface area contributed by atoms with Crippen molar-refractivity contribution in [2.45, 2.75) is 6.42 Å². The lowest BCUT2D eigenvalue weighted by Crippen LogP contribution is -2.08. The molecular weight excluding hydrogens is 293 g/mol. The van der Waals surface area contributed by atoms with E-state index in [-0.39, 0.29) is 5.82 Å². The molecule has 0 aliphatic heterocycles. The molecule has 0 aliphatic rings. The number of halogens is 1. The molecule has 0 radical (unpaired) electrons. The van der Waals surface area contributed by atoms with Crippen LogP contribution in [0.5, 0.6) is 11.6 Å². The van der Waals surface area contributed by atoms with Gasteiger partial charge in [0, 0.05) is 18.8 Å². The van der Waals surface area contributed by atoms with Gasteiger partial charge in [0.2, 0.25) is 11.8 Å². The predicted molar refractivity (Wildman–Crippen MR) is 87.1 cm³/mol. The summed E-state index contributed by atoms with van der Waals surface area (Å²) in [5, 5.41) is 3.17. The largest absolute Gasteiger partial charge is 0.439 e. The van der Waals surface area contributed by atoms with E-state index < -0.39 is 0 Å². The number of ether oxygens (including phenoxy) is 1. The smallest absolute Gasteiger partial charge is 0.225 e. The second kappa shape index (κ2) is 7.35. The zero-order chi connectivity index (χ0) is 15.9. The van der Waals surface area contributed by atoms with Crippen molar-refractivity contribution in [3.63, 3.8) is 0 Å². The maximum atomic E-state index is 12.9. The van der Waals surface area contributed by atoms with Crippen LogP contribution in [0.4, 0.5) is 10.3 Å². The van der Waals surface area contributed by atoms with Crippen LogP contribution in [0.25, 0.3) is 0 Å². The Kier molecular flexibility index (Phi) is 4.79. The van der Waals surface area contributed by atoms with Gasteiger partial charge in [0.05, 0.1) is 0 Å². The van der Waals surface area contributed by atoms with Gasteiger partial charge in [-0.3, -0.25) is 0 Å². The van der Waals surface area contributed by atoms with E-state index in [9.17, 15) is 4.39 Å². The van der Waals surface area contributed by atoms with Crippen LogP contribution in [-0.4, -0.2) is 16.5 Å². The highest BCUT2D eigenvalue weighted by molar-refractivity contribution is 5.32. The Morgan fingerprint density at radius 3 is 2.52 bits per heavy atom. The molecule has 116 valence electrons.